The zero-order valence-corrected chi connectivity index (χ0v) is 25.4. The zero-order chi connectivity index (χ0) is 29.3. The molecule has 4 N–H and O–H groups in total. The molecule has 9 heteroatoms. The largest absolute Gasteiger partial charge is 0.403 e. The third kappa shape index (κ3) is 5.92. The predicted molar refractivity (Wildman–Crippen MR) is 166 cm³/mol. The Morgan fingerprint density at radius 2 is 1.62 bits per heavy atom. The fraction of sp³-hybridized carbons (Fsp3) is 0.576. The number of halogens is 1. The third-order valence-electron chi connectivity index (χ3n) is 10.5. The van der Waals surface area contributed by atoms with Gasteiger partial charge in [-0.05, 0) is 105 Å². The molecule has 2 saturated heterocycles. The highest BCUT2D eigenvalue weighted by molar-refractivity contribution is 7.92. The number of hydrogen-bond donors (Lipinski definition) is 2. The molecule has 2 aliphatic carbocycles. The maximum Gasteiger partial charge on any atom is 0.181 e. The van der Waals surface area contributed by atoms with Crippen molar-refractivity contribution >= 4 is 15.5 Å². The standard InChI is InChI=1S/C33H46FN5O2S/c34-29-7-3-6-28(20-29)33(24-39(36)19-16-35,26-4-1-2-5-26)27-14-17-37(18-15-27)21-25-22-38(23-25)30-8-10-31(11-9-30)42(40,41)32-12-13-32/h3,6-11,16,19-20,25-27,32H,1-2,4-5,12-15,17-18,21-24,35-36H2/b19-16-. The van der Waals surface area contributed by atoms with E-state index in [1.165, 1.54) is 25.1 Å². The van der Waals surface area contributed by atoms with Crippen molar-refractivity contribution in [3.63, 3.8) is 0 Å². The molecule has 7 nitrogen and oxygen atoms in total. The Morgan fingerprint density at radius 3 is 2.24 bits per heavy atom. The molecule has 4 fully saturated rings. The minimum absolute atomic E-state index is 0.171. The van der Waals surface area contributed by atoms with Gasteiger partial charge in [0.1, 0.15) is 5.82 Å². The summed E-state index contributed by atoms with van der Waals surface area (Å²) in [6.45, 7) is 5.78. The lowest BCUT2D eigenvalue weighted by molar-refractivity contribution is 0.0573. The lowest BCUT2D eigenvalue weighted by Crippen LogP contribution is -2.56. The van der Waals surface area contributed by atoms with Gasteiger partial charge in [0, 0.05) is 55.6 Å². The van der Waals surface area contributed by atoms with Crippen LogP contribution in [0.2, 0.25) is 0 Å². The average Bonchev–Trinajstić information content (AvgIpc) is 3.70. The SMILES string of the molecule is N/C=C\N(N)CC(c1cccc(F)c1)(C1CCCC1)C1CCN(CC2CN(c3ccc(S(=O)(=O)C4CC4)cc3)C2)CC1. The Kier molecular flexibility index (Phi) is 8.53. The molecule has 2 aromatic carbocycles. The lowest BCUT2D eigenvalue weighted by atomic mass is 9.59. The number of nitrogens with zero attached hydrogens (tertiary/aromatic N) is 3. The maximum absolute atomic E-state index is 14.6. The van der Waals surface area contributed by atoms with Gasteiger partial charge >= 0.3 is 0 Å². The summed E-state index contributed by atoms with van der Waals surface area (Å²) in [7, 11) is -3.14. The molecule has 2 aromatic rings. The first-order valence-corrected chi connectivity index (χ1v) is 17.3. The zero-order valence-electron chi connectivity index (χ0n) is 24.6. The van der Waals surface area contributed by atoms with Gasteiger partial charge in [0.15, 0.2) is 9.84 Å². The second-order valence-corrected chi connectivity index (χ2v) is 15.4. The van der Waals surface area contributed by atoms with Crippen LogP contribution in [0, 0.1) is 23.6 Å². The molecule has 4 aliphatic rings. The van der Waals surface area contributed by atoms with Crippen LogP contribution in [0.25, 0.3) is 0 Å². The van der Waals surface area contributed by atoms with Gasteiger partial charge in [0.05, 0.1) is 10.1 Å². The van der Waals surface area contributed by atoms with E-state index < -0.39 is 9.84 Å². The van der Waals surface area contributed by atoms with Gasteiger partial charge in [-0.25, -0.2) is 18.7 Å². The van der Waals surface area contributed by atoms with Gasteiger partial charge in [-0.3, -0.25) is 0 Å². The van der Waals surface area contributed by atoms with E-state index in [-0.39, 0.29) is 16.5 Å². The van der Waals surface area contributed by atoms with Crippen molar-refractivity contribution in [1.29, 1.82) is 0 Å². The highest BCUT2D eigenvalue weighted by Crippen LogP contribution is 2.51. The van der Waals surface area contributed by atoms with E-state index in [9.17, 15) is 12.8 Å². The van der Waals surface area contributed by atoms with Crippen LogP contribution in [-0.4, -0.2) is 62.8 Å². The molecule has 0 bridgehead atoms. The molecule has 0 aromatic heterocycles. The molecular weight excluding hydrogens is 549 g/mol. The number of nitrogens with two attached hydrogens (primary N) is 2. The molecule has 0 radical (unpaired) electrons. The number of piperidine rings is 1. The number of benzene rings is 2. The number of rotatable bonds is 11. The topological polar surface area (TPSA) is 95.9 Å². The van der Waals surface area contributed by atoms with Gasteiger partial charge in [0.2, 0.25) is 0 Å². The van der Waals surface area contributed by atoms with Crippen molar-refractivity contribution in [3.05, 3.63) is 72.3 Å². The summed E-state index contributed by atoms with van der Waals surface area (Å²) in [6, 6.07) is 14.7. The highest BCUT2D eigenvalue weighted by Gasteiger charge is 2.49. The van der Waals surface area contributed by atoms with Crippen LogP contribution in [0.5, 0.6) is 0 Å². The summed E-state index contributed by atoms with van der Waals surface area (Å²) in [5.41, 5.74) is 7.68. The Hall–Kier alpha value is -2.62. The molecule has 1 atom stereocenters. The molecule has 6 rings (SSSR count). The lowest BCUT2D eigenvalue weighted by Gasteiger charge is -2.51. The maximum atomic E-state index is 14.6. The van der Waals surface area contributed by atoms with E-state index in [2.05, 4.69) is 15.9 Å². The van der Waals surface area contributed by atoms with Gasteiger partial charge in [-0.1, -0.05) is 25.0 Å². The minimum Gasteiger partial charge on any atom is -0.403 e. The van der Waals surface area contributed by atoms with Gasteiger partial charge in [0.25, 0.3) is 0 Å². The van der Waals surface area contributed by atoms with Crippen molar-refractivity contribution in [1.82, 2.24) is 9.91 Å². The van der Waals surface area contributed by atoms with Crippen LogP contribution in [0.1, 0.15) is 56.9 Å². The van der Waals surface area contributed by atoms with Crippen molar-refractivity contribution < 1.29 is 12.8 Å². The van der Waals surface area contributed by atoms with E-state index in [4.69, 9.17) is 11.6 Å². The summed E-state index contributed by atoms with van der Waals surface area (Å²) in [5, 5.41) is 1.54. The minimum atomic E-state index is -3.14. The van der Waals surface area contributed by atoms with E-state index in [1.54, 1.807) is 29.4 Å². The summed E-state index contributed by atoms with van der Waals surface area (Å²) in [5.74, 6) is 7.78. The molecule has 1 unspecified atom stereocenters. The first-order chi connectivity index (χ1) is 20.3. The number of likely N-dealkylation sites (tertiary alicyclic amines) is 1. The van der Waals surface area contributed by atoms with Gasteiger partial charge in [-0.15, -0.1) is 0 Å². The van der Waals surface area contributed by atoms with Crippen LogP contribution in [-0.2, 0) is 15.3 Å². The van der Waals surface area contributed by atoms with Crippen LogP contribution < -0.4 is 16.5 Å². The van der Waals surface area contributed by atoms with E-state index in [1.807, 2.05) is 18.2 Å². The number of hydrogen-bond acceptors (Lipinski definition) is 7. The summed E-state index contributed by atoms with van der Waals surface area (Å²) < 4.78 is 39.7. The van der Waals surface area contributed by atoms with Crippen LogP contribution in [0.15, 0.2) is 65.8 Å². The Labute approximate surface area is 250 Å². The molecule has 2 aliphatic heterocycles. The van der Waals surface area contributed by atoms with Crippen molar-refractivity contribution in [2.45, 2.75) is 66.9 Å². The molecular formula is C33H46FN5O2S. The molecule has 0 amide bonds. The van der Waals surface area contributed by atoms with Crippen molar-refractivity contribution in [2.24, 2.45) is 29.3 Å². The second-order valence-electron chi connectivity index (χ2n) is 13.1. The average molecular weight is 596 g/mol. The van der Waals surface area contributed by atoms with Crippen molar-refractivity contribution in [3.8, 4) is 0 Å². The molecule has 42 heavy (non-hydrogen) atoms. The number of sulfone groups is 1. The predicted octanol–water partition coefficient (Wildman–Crippen LogP) is 4.64. The normalized spacial score (nSPS) is 22.9. The molecule has 2 heterocycles. The second kappa shape index (κ2) is 12.2. The molecule has 228 valence electrons. The Bertz CT molecular complexity index is 1340. The van der Waals surface area contributed by atoms with Gasteiger partial charge < -0.3 is 20.5 Å². The van der Waals surface area contributed by atoms with Crippen LogP contribution >= 0.6 is 0 Å². The Morgan fingerprint density at radius 1 is 0.952 bits per heavy atom. The third-order valence-corrected chi connectivity index (χ3v) is 12.7. The number of anilines is 1. The quantitative estimate of drug-likeness (QED) is 0.289. The Balaban J connectivity index is 1.09. The molecule has 2 saturated carbocycles. The van der Waals surface area contributed by atoms with E-state index in [0.29, 0.717) is 29.2 Å². The van der Waals surface area contributed by atoms with Crippen LogP contribution in [0.3, 0.4) is 0 Å². The first-order valence-electron chi connectivity index (χ1n) is 15.8. The fourth-order valence-corrected chi connectivity index (χ4v) is 9.80. The van der Waals surface area contributed by atoms with E-state index >= 15 is 0 Å². The number of hydrazine groups is 1. The van der Waals surface area contributed by atoms with Gasteiger partial charge in [-0.2, -0.15) is 0 Å². The first kappa shape index (κ1) is 29.5. The monoisotopic (exact) mass is 595 g/mol. The van der Waals surface area contributed by atoms with Crippen LogP contribution in [0.4, 0.5) is 10.1 Å². The highest BCUT2D eigenvalue weighted by atomic mass is 32.2. The molecule has 0 spiro atoms. The summed E-state index contributed by atoms with van der Waals surface area (Å²) in [6.07, 6.45) is 11.7. The van der Waals surface area contributed by atoms with E-state index in [0.717, 1.165) is 82.5 Å². The van der Waals surface area contributed by atoms with Crippen molar-refractivity contribution in [2.75, 3.05) is 44.2 Å². The smallest absolute Gasteiger partial charge is 0.181 e. The fourth-order valence-electron chi connectivity index (χ4n) is 8.15. The summed E-state index contributed by atoms with van der Waals surface area (Å²) >= 11 is 0. The summed E-state index contributed by atoms with van der Waals surface area (Å²) in [4.78, 5) is 5.41.